The highest BCUT2D eigenvalue weighted by Gasteiger charge is 2.22. The fourth-order valence-corrected chi connectivity index (χ4v) is 8.95. The first-order chi connectivity index (χ1) is 28.8. The molecule has 0 bridgehead atoms. The molecule has 12 aromatic rings. The molecule has 0 atom stereocenters. The van der Waals surface area contributed by atoms with Crippen molar-refractivity contribution in [2.24, 2.45) is 0 Å². The predicted octanol–water partition coefficient (Wildman–Crippen LogP) is 15.4. The Bertz CT molecular complexity index is 3490. The van der Waals surface area contributed by atoms with Gasteiger partial charge in [-0.15, -0.1) is 0 Å². The number of hydrogen-bond acceptors (Lipinski definition) is 3. The molecule has 12 rings (SSSR count). The molecule has 9 aromatic carbocycles. The molecule has 272 valence electrons. The summed E-state index contributed by atoms with van der Waals surface area (Å²) >= 11 is 0. The minimum absolute atomic E-state index is 0.852. The summed E-state index contributed by atoms with van der Waals surface area (Å²) in [5, 5.41) is 8.12. The van der Waals surface area contributed by atoms with Crippen LogP contribution in [0.4, 0.5) is 17.1 Å². The monoisotopic (exact) mass is 742 g/mol. The molecule has 0 unspecified atom stereocenters. The first kappa shape index (κ1) is 32.4. The third-order valence-electron chi connectivity index (χ3n) is 11.6. The van der Waals surface area contributed by atoms with Gasteiger partial charge in [-0.3, -0.25) is 4.57 Å². The van der Waals surface area contributed by atoms with Crippen LogP contribution in [0.5, 0.6) is 0 Å². The second-order valence-electron chi connectivity index (χ2n) is 14.9. The lowest BCUT2D eigenvalue weighted by Gasteiger charge is -2.26. The van der Waals surface area contributed by atoms with Crippen molar-refractivity contribution in [1.82, 2.24) is 4.57 Å². The lowest BCUT2D eigenvalue weighted by atomic mass is 9.98. The van der Waals surface area contributed by atoms with Gasteiger partial charge < -0.3 is 13.7 Å². The standard InChI is InChI=1S/C54H34N2O2/c1-2-14-38(15-3-1)56-53-44(20-11-21-48(53)52-47-18-7-9-23-50(47)58-54(52)56)37-26-30-40(31-27-37)55(41-32-33-46-45-17-6-8-22-49(45)57-51(46)34-41)39-28-24-36(25-29-39)43-19-10-13-35-12-4-5-16-42(35)43/h1-34H. The number of benzene rings is 9. The van der Waals surface area contributed by atoms with E-state index in [0.717, 1.165) is 88.8 Å². The Labute approximate surface area is 334 Å². The Hall–Kier alpha value is -7.82. The highest BCUT2D eigenvalue weighted by molar-refractivity contribution is 6.22. The van der Waals surface area contributed by atoms with E-state index in [2.05, 4.69) is 191 Å². The SMILES string of the molecule is c1ccc(-n2c3oc4ccccc4c3c3cccc(-c4ccc(N(c5ccc(-c6cccc7ccccc67)cc5)c5ccc6c(c5)oc5ccccc56)cc4)c32)cc1. The molecule has 58 heavy (non-hydrogen) atoms. The third kappa shape index (κ3) is 5.02. The molecule has 0 aliphatic heterocycles. The van der Waals surface area contributed by atoms with Crippen molar-refractivity contribution in [2.75, 3.05) is 4.90 Å². The van der Waals surface area contributed by atoms with Crippen LogP contribution in [0.3, 0.4) is 0 Å². The molecule has 0 N–H and O–H groups in total. The van der Waals surface area contributed by atoms with Gasteiger partial charge in [0.05, 0.1) is 10.9 Å². The quantitative estimate of drug-likeness (QED) is 0.170. The van der Waals surface area contributed by atoms with Crippen LogP contribution in [0.2, 0.25) is 0 Å². The first-order valence-electron chi connectivity index (χ1n) is 19.7. The number of aromatic nitrogens is 1. The molecular formula is C54H34N2O2. The number of para-hydroxylation sites is 4. The van der Waals surface area contributed by atoms with Gasteiger partial charge in [0, 0.05) is 55.9 Å². The van der Waals surface area contributed by atoms with E-state index in [9.17, 15) is 0 Å². The summed E-state index contributed by atoms with van der Waals surface area (Å²) in [6.45, 7) is 0. The third-order valence-corrected chi connectivity index (χ3v) is 11.6. The Morgan fingerprint density at radius 1 is 0.362 bits per heavy atom. The Morgan fingerprint density at radius 2 is 0.914 bits per heavy atom. The molecule has 0 saturated heterocycles. The zero-order chi connectivity index (χ0) is 38.2. The zero-order valence-electron chi connectivity index (χ0n) is 31.3. The summed E-state index contributed by atoms with van der Waals surface area (Å²) in [5.74, 6) is 0. The molecule has 3 aromatic heterocycles. The van der Waals surface area contributed by atoms with E-state index in [1.54, 1.807) is 0 Å². The van der Waals surface area contributed by atoms with E-state index in [4.69, 9.17) is 8.83 Å². The molecular weight excluding hydrogens is 709 g/mol. The minimum Gasteiger partial charge on any atom is -0.456 e. The summed E-state index contributed by atoms with van der Waals surface area (Å²) in [5.41, 5.74) is 13.4. The number of rotatable bonds is 6. The van der Waals surface area contributed by atoms with Crippen molar-refractivity contribution in [3.05, 3.63) is 206 Å². The molecule has 0 aliphatic rings. The van der Waals surface area contributed by atoms with Crippen LogP contribution in [0.15, 0.2) is 215 Å². The van der Waals surface area contributed by atoms with E-state index in [1.807, 2.05) is 24.3 Å². The Balaban J connectivity index is 1.01. The van der Waals surface area contributed by atoms with E-state index < -0.39 is 0 Å². The molecule has 0 saturated carbocycles. The lowest BCUT2D eigenvalue weighted by molar-refractivity contribution is 0.645. The van der Waals surface area contributed by atoms with Crippen molar-refractivity contribution in [3.8, 4) is 27.9 Å². The van der Waals surface area contributed by atoms with E-state index in [0.29, 0.717) is 0 Å². The average molecular weight is 743 g/mol. The maximum atomic E-state index is 6.62. The number of fused-ring (bicyclic) bond motifs is 9. The predicted molar refractivity (Wildman–Crippen MR) is 241 cm³/mol. The molecule has 3 heterocycles. The smallest absolute Gasteiger partial charge is 0.213 e. The van der Waals surface area contributed by atoms with Gasteiger partial charge in [-0.1, -0.05) is 140 Å². The highest BCUT2D eigenvalue weighted by atomic mass is 16.3. The van der Waals surface area contributed by atoms with E-state index in [-0.39, 0.29) is 0 Å². The summed E-state index contributed by atoms with van der Waals surface area (Å²) in [7, 11) is 0. The molecule has 0 aliphatic carbocycles. The molecule has 0 spiro atoms. The van der Waals surface area contributed by atoms with Gasteiger partial charge in [0.1, 0.15) is 16.7 Å². The number of furan rings is 2. The number of nitrogens with zero attached hydrogens (tertiary/aromatic N) is 2. The van der Waals surface area contributed by atoms with Gasteiger partial charge in [0.2, 0.25) is 5.71 Å². The second-order valence-corrected chi connectivity index (χ2v) is 14.9. The van der Waals surface area contributed by atoms with Crippen LogP contribution >= 0.6 is 0 Å². The fourth-order valence-electron chi connectivity index (χ4n) is 8.95. The summed E-state index contributed by atoms with van der Waals surface area (Å²) in [6, 6.07) is 73.2. The molecule has 4 nitrogen and oxygen atoms in total. The van der Waals surface area contributed by atoms with Gasteiger partial charge in [-0.05, 0) is 88.1 Å². The van der Waals surface area contributed by atoms with Crippen LogP contribution in [-0.4, -0.2) is 4.57 Å². The van der Waals surface area contributed by atoms with Gasteiger partial charge in [0.25, 0.3) is 0 Å². The normalized spacial score (nSPS) is 11.8. The van der Waals surface area contributed by atoms with Gasteiger partial charge in [-0.2, -0.15) is 0 Å². The van der Waals surface area contributed by atoms with Crippen LogP contribution < -0.4 is 4.90 Å². The van der Waals surface area contributed by atoms with Crippen LogP contribution in [0.25, 0.3) is 93.6 Å². The highest BCUT2D eigenvalue weighted by Crippen LogP contribution is 2.44. The molecule has 0 amide bonds. The number of hydrogen-bond donors (Lipinski definition) is 0. The van der Waals surface area contributed by atoms with Crippen molar-refractivity contribution in [2.45, 2.75) is 0 Å². The van der Waals surface area contributed by atoms with Crippen molar-refractivity contribution >= 4 is 82.7 Å². The van der Waals surface area contributed by atoms with Crippen LogP contribution in [0.1, 0.15) is 0 Å². The van der Waals surface area contributed by atoms with Crippen LogP contribution in [-0.2, 0) is 0 Å². The van der Waals surface area contributed by atoms with Crippen molar-refractivity contribution < 1.29 is 8.83 Å². The van der Waals surface area contributed by atoms with Crippen LogP contribution in [0, 0.1) is 0 Å². The topological polar surface area (TPSA) is 34.5 Å². The average Bonchev–Trinajstić information content (AvgIpc) is 3.96. The first-order valence-corrected chi connectivity index (χ1v) is 19.7. The summed E-state index contributed by atoms with van der Waals surface area (Å²) < 4.78 is 15.3. The minimum atomic E-state index is 0.852. The maximum Gasteiger partial charge on any atom is 0.213 e. The van der Waals surface area contributed by atoms with E-state index >= 15 is 0 Å². The second kappa shape index (κ2) is 12.9. The van der Waals surface area contributed by atoms with Gasteiger partial charge in [-0.25, -0.2) is 0 Å². The van der Waals surface area contributed by atoms with E-state index in [1.165, 1.54) is 21.9 Å². The van der Waals surface area contributed by atoms with Crippen molar-refractivity contribution in [1.29, 1.82) is 0 Å². The number of anilines is 3. The molecule has 0 radical (unpaired) electrons. The molecule has 0 fully saturated rings. The van der Waals surface area contributed by atoms with Crippen molar-refractivity contribution in [3.63, 3.8) is 0 Å². The Morgan fingerprint density at radius 3 is 1.69 bits per heavy atom. The Kier molecular flexibility index (Phi) is 7.20. The lowest BCUT2D eigenvalue weighted by Crippen LogP contribution is -2.09. The van der Waals surface area contributed by atoms with Gasteiger partial charge in [0.15, 0.2) is 0 Å². The zero-order valence-corrected chi connectivity index (χ0v) is 31.3. The fraction of sp³-hybridized carbons (Fsp3) is 0. The summed E-state index contributed by atoms with van der Waals surface area (Å²) in [4.78, 5) is 2.32. The molecule has 4 heteroatoms. The largest absolute Gasteiger partial charge is 0.456 e. The summed E-state index contributed by atoms with van der Waals surface area (Å²) in [6.07, 6.45) is 0. The van der Waals surface area contributed by atoms with Gasteiger partial charge >= 0.3 is 0 Å². The maximum absolute atomic E-state index is 6.62.